The Hall–Kier alpha value is -3.98. The summed E-state index contributed by atoms with van der Waals surface area (Å²) >= 11 is 0. The van der Waals surface area contributed by atoms with E-state index in [2.05, 4.69) is 43.5 Å². The number of hydrogen-bond donors (Lipinski definition) is 4. The van der Waals surface area contributed by atoms with Gasteiger partial charge in [0.1, 0.15) is 5.82 Å². The van der Waals surface area contributed by atoms with Crippen molar-refractivity contribution in [3.63, 3.8) is 0 Å². The first kappa shape index (κ1) is 24.1. The molecule has 2 fully saturated rings. The van der Waals surface area contributed by atoms with Gasteiger partial charge in [-0.1, -0.05) is 31.4 Å². The Balaban J connectivity index is 1.16. The van der Waals surface area contributed by atoms with E-state index in [-0.39, 0.29) is 17.4 Å². The molecule has 1 aromatic carbocycles. The molecule has 1 spiro atoms. The summed E-state index contributed by atoms with van der Waals surface area (Å²) in [5, 5.41) is 17.5. The molecular weight excluding hydrogens is 490 g/mol. The van der Waals surface area contributed by atoms with Crippen LogP contribution in [0.15, 0.2) is 48.9 Å². The molecule has 39 heavy (non-hydrogen) atoms. The lowest BCUT2D eigenvalue weighted by atomic mass is 9.76. The van der Waals surface area contributed by atoms with Crippen LogP contribution in [-0.4, -0.2) is 46.2 Å². The third-order valence-corrected chi connectivity index (χ3v) is 8.71. The van der Waals surface area contributed by atoms with Crippen LogP contribution in [0.2, 0.25) is 0 Å². The number of carbonyl (C=O) groups excluding carboxylic acids is 2. The Morgan fingerprint density at radius 2 is 1.90 bits per heavy atom. The van der Waals surface area contributed by atoms with Crippen LogP contribution in [0.25, 0.3) is 5.57 Å². The highest BCUT2D eigenvalue weighted by Crippen LogP contribution is 2.44. The molecule has 9 heteroatoms. The number of pyridine rings is 1. The standard InChI is InChI=1S/C30H33N7O2/c38-28(35-21-17-34-37(18-21)22-6-11-31-12-7-22)20-14-25-23(8-13-32-27(25)33-16-20)19-4-5-24-26(15-19)30(36-29(24)39)9-2-1-3-10-30/h4-5,8,14-18,22,31H,1-3,6-7,9-13H2,(H,32,33)(H,35,38)(H,36,39). The predicted octanol–water partition coefficient (Wildman–Crippen LogP) is 4.21. The number of hydrogen-bond acceptors (Lipinski definition) is 6. The van der Waals surface area contributed by atoms with Crippen LogP contribution in [0.3, 0.4) is 0 Å². The number of piperidine rings is 1. The number of rotatable bonds is 4. The third-order valence-electron chi connectivity index (χ3n) is 8.71. The van der Waals surface area contributed by atoms with Gasteiger partial charge < -0.3 is 21.3 Å². The maximum Gasteiger partial charge on any atom is 0.257 e. The molecule has 4 N–H and O–H groups in total. The maximum absolute atomic E-state index is 13.2. The largest absolute Gasteiger partial charge is 0.366 e. The van der Waals surface area contributed by atoms with Crippen LogP contribution < -0.4 is 21.3 Å². The van der Waals surface area contributed by atoms with Crippen LogP contribution in [-0.2, 0) is 5.54 Å². The van der Waals surface area contributed by atoms with E-state index in [1.807, 2.05) is 29.1 Å². The summed E-state index contributed by atoms with van der Waals surface area (Å²) in [6.07, 6.45) is 14.8. The molecule has 1 saturated carbocycles. The van der Waals surface area contributed by atoms with Crippen molar-refractivity contribution in [1.82, 2.24) is 25.4 Å². The van der Waals surface area contributed by atoms with Crippen molar-refractivity contribution < 1.29 is 9.59 Å². The van der Waals surface area contributed by atoms with E-state index >= 15 is 0 Å². The molecule has 1 saturated heterocycles. The van der Waals surface area contributed by atoms with Gasteiger partial charge in [-0.15, -0.1) is 0 Å². The number of carbonyl (C=O) groups is 2. The second kappa shape index (κ2) is 9.64. The lowest BCUT2D eigenvalue weighted by molar-refractivity contribution is 0.0909. The number of anilines is 2. The monoisotopic (exact) mass is 523 g/mol. The van der Waals surface area contributed by atoms with Crippen molar-refractivity contribution >= 4 is 28.9 Å². The average molecular weight is 524 g/mol. The van der Waals surface area contributed by atoms with Crippen molar-refractivity contribution in [2.24, 2.45) is 0 Å². The SMILES string of the molecule is O=C(Nc1cnn(C2CCNCC2)c1)c1cnc2c(c1)C(c1ccc3c(c1)C1(CCCCC1)NC3=O)=CCN2. The molecule has 200 valence electrons. The third kappa shape index (κ3) is 4.30. The fourth-order valence-corrected chi connectivity index (χ4v) is 6.65. The molecular formula is C30H33N7O2. The molecule has 0 atom stereocenters. The van der Waals surface area contributed by atoms with Gasteiger partial charge in [0.2, 0.25) is 0 Å². The summed E-state index contributed by atoms with van der Waals surface area (Å²) in [6.45, 7) is 2.61. The summed E-state index contributed by atoms with van der Waals surface area (Å²) in [5.74, 6) is 0.567. The van der Waals surface area contributed by atoms with Gasteiger partial charge in [0, 0.05) is 30.1 Å². The van der Waals surface area contributed by atoms with Gasteiger partial charge in [0.15, 0.2) is 0 Å². The zero-order valence-electron chi connectivity index (χ0n) is 21.9. The molecule has 3 aromatic rings. The highest BCUT2D eigenvalue weighted by Gasteiger charge is 2.43. The minimum absolute atomic E-state index is 0.0299. The topological polar surface area (TPSA) is 113 Å². The Morgan fingerprint density at radius 3 is 2.74 bits per heavy atom. The summed E-state index contributed by atoms with van der Waals surface area (Å²) in [6, 6.07) is 8.41. The average Bonchev–Trinajstić information content (AvgIpc) is 3.55. The van der Waals surface area contributed by atoms with Crippen LogP contribution >= 0.6 is 0 Å². The molecule has 4 aliphatic rings. The number of nitrogens with one attached hydrogen (secondary N) is 4. The van der Waals surface area contributed by atoms with E-state index < -0.39 is 0 Å². The summed E-state index contributed by atoms with van der Waals surface area (Å²) < 4.78 is 1.96. The minimum Gasteiger partial charge on any atom is -0.366 e. The normalized spacial score (nSPS) is 20.0. The van der Waals surface area contributed by atoms with Gasteiger partial charge in [-0.05, 0) is 73.7 Å². The predicted molar refractivity (Wildman–Crippen MR) is 150 cm³/mol. The Bertz CT molecular complexity index is 1480. The molecule has 5 heterocycles. The number of benzene rings is 1. The van der Waals surface area contributed by atoms with Crippen molar-refractivity contribution in [1.29, 1.82) is 0 Å². The maximum atomic E-state index is 13.2. The Morgan fingerprint density at radius 1 is 1.05 bits per heavy atom. The highest BCUT2D eigenvalue weighted by molar-refractivity contribution is 6.05. The van der Waals surface area contributed by atoms with E-state index in [9.17, 15) is 9.59 Å². The summed E-state index contributed by atoms with van der Waals surface area (Å²) in [7, 11) is 0. The molecule has 0 radical (unpaired) electrons. The van der Waals surface area contributed by atoms with Crippen LogP contribution in [0, 0.1) is 0 Å². The molecule has 9 nitrogen and oxygen atoms in total. The zero-order chi connectivity index (χ0) is 26.4. The van der Waals surface area contributed by atoms with Crippen molar-refractivity contribution in [3.05, 3.63) is 76.7 Å². The fourth-order valence-electron chi connectivity index (χ4n) is 6.65. The van der Waals surface area contributed by atoms with Gasteiger partial charge in [-0.3, -0.25) is 14.3 Å². The number of aromatic nitrogens is 3. The second-order valence-electron chi connectivity index (χ2n) is 11.1. The molecule has 2 amide bonds. The molecule has 0 unspecified atom stereocenters. The van der Waals surface area contributed by atoms with Crippen LogP contribution in [0.4, 0.5) is 11.5 Å². The smallest absolute Gasteiger partial charge is 0.257 e. The van der Waals surface area contributed by atoms with Crippen molar-refractivity contribution in [3.8, 4) is 0 Å². The minimum atomic E-state index is -0.254. The summed E-state index contributed by atoms with van der Waals surface area (Å²) in [4.78, 5) is 30.6. The first-order valence-corrected chi connectivity index (χ1v) is 14.1. The van der Waals surface area contributed by atoms with E-state index in [0.29, 0.717) is 23.8 Å². The molecule has 2 aromatic heterocycles. The van der Waals surface area contributed by atoms with Gasteiger partial charge in [-0.25, -0.2) is 4.98 Å². The van der Waals surface area contributed by atoms with Crippen LogP contribution in [0.1, 0.15) is 88.4 Å². The first-order valence-electron chi connectivity index (χ1n) is 14.1. The van der Waals surface area contributed by atoms with Gasteiger partial charge >= 0.3 is 0 Å². The van der Waals surface area contributed by atoms with Crippen molar-refractivity contribution in [2.45, 2.75) is 56.5 Å². The Kier molecular flexibility index (Phi) is 5.96. The second-order valence-corrected chi connectivity index (χ2v) is 11.1. The molecule has 3 aliphatic heterocycles. The van der Waals surface area contributed by atoms with Gasteiger partial charge in [-0.2, -0.15) is 5.10 Å². The highest BCUT2D eigenvalue weighted by atomic mass is 16.2. The lowest BCUT2D eigenvalue weighted by Gasteiger charge is -2.34. The summed E-state index contributed by atoms with van der Waals surface area (Å²) in [5.41, 5.74) is 5.76. The quantitative estimate of drug-likeness (QED) is 0.408. The lowest BCUT2D eigenvalue weighted by Crippen LogP contribution is -2.40. The van der Waals surface area contributed by atoms with Crippen molar-refractivity contribution in [2.75, 3.05) is 30.3 Å². The fraction of sp³-hybridized carbons (Fsp3) is 0.400. The van der Waals surface area contributed by atoms with E-state index in [1.165, 1.54) is 6.42 Å². The number of amides is 2. The first-order chi connectivity index (χ1) is 19.1. The van der Waals surface area contributed by atoms with Gasteiger partial charge in [0.25, 0.3) is 11.8 Å². The molecule has 1 aliphatic carbocycles. The molecule has 7 rings (SSSR count). The van der Waals surface area contributed by atoms with Gasteiger partial charge in [0.05, 0.1) is 29.0 Å². The molecule has 0 bridgehead atoms. The van der Waals surface area contributed by atoms with Crippen LogP contribution in [0.5, 0.6) is 0 Å². The van der Waals surface area contributed by atoms with E-state index in [1.54, 1.807) is 12.4 Å². The van der Waals surface area contributed by atoms with E-state index in [0.717, 1.165) is 85.3 Å². The number of fused-ring (bicyclic) bond motifs is 3. The Labute approximate surface area is 227 Å². The van der Waals surface area contributed by atoms with E-state index in [4.69, 9.17) is 0 Å². The number of nitrogens with zero attached hydrogens (tertiary/aromatic N) is 3. The zero-order valence-corrected chi connectivity index (χ0v) is 21.9.